The fourth-order valence-electron chi connectivity index (χ4n) is 4.21. The van der Waals surface area contributed by atoms with Crippen molar-refractivity contribution in [1.82, 2.24) is 10.2 Å². The quantitative estimate of drug-likeness (QED) is 0.576. The van der Waals surface area contributed by atoms with Gasteiger partial charge in [0.25, 0.3) is 0 Å². The van der Waals surface area contributed by atoms with Crippen LogP contribution in [0, 0.1) is 11.8 Å². The summed E-state index contributed by atoms with van der Waals surface area (Å²) in [5.74, 6) is -1.17. The van der Waals surface area contributed by atoms with Gasteiger partial charge in [-0.1, -0.05) is 12.1 Å². The largest absolute Gasteiger partial charge is 0.497 e. The van der Waals surface area contributed by atoms with E-state index in [4.69, 9.17) is 9.47 Å². The van der Waals surface area contributed by atoms with Gasteiger partial charge in [0.05, 0.1) is 26.1 Å². The molecule has 8 heteroatoms. The van der Waals surface area contributed by atoms with Crippen LogP contribution in [-0.2, 0) is 19.1 Å². The van der Waals surface area contributed by atoms with E-state index in [0.29, 0.717) is 17.9 Å². The second-order valence-electron chi connectivity index (χ2n) is 6.84. The number of hydrogen-bond acceptors (Lipinski definition) is 7. The Labute approximate surface area is 162 Å². The smallest absolute Gasteiger partial charge is 0.326 e. The van der Waals surface area contributed by atoms with Crippen LogP contribution in [-0.4, -0.2) is 61.5 Å². The molecule has 1 aromatic rings. The molecule has 2 saturated heterocycles. The van der Waals surface area contributed by atoms with E-state index in [1.54, 1.807) is 31.0 Å². The van der Waals surface area contributed by atoms with Crippen LogP contribution in [0.1, 0.15) is 18.0 Å². The van der Waals surface area contributed by atoms with E-state index in [1.807, 2.05) is 18.4 Å². The molecule has 7 nitrogen and oxygen atoms in total. The predicted octanol–water partition coefficient (Wildman–Crippen LogP) is 1.24. The second-order valence-corrected chi connectivity index (χ2v) is 7.83. The van der Waals surface area contributed by atoms with Gasteiger partial charge in [-0.15, -0.1) is 0 Å². The summed E-state index contributed by atoms with van der Waals surface area (Å²) in [5, 5.41) is 3.33. The lowest BCUT2D eigenvalue weighted by molar-refractivity contribution is -0.154. The molecule has 2 heterocycles. The fourth-order valence-corrected chi connectivity index (χ4v) is 4.74. The fraction of sp³-hybridized carbons (Fsp3) is 0.526. The standard InChI is InChI=1S/C19H24N2O5S/c1-21-16(22)13-14(17(21)23)19(9-10-27-4,18(24)26-3)20-15(13)11-5-7-12(25-2)8-6-11/h5-8,13-15,20H,9-10H2,1-4H3/t13-,14+,15+,19+/m0/s1. The topological polar surface area (TPSA) is 84.9 Å². The highest BCUT2D eigenvalue weighted by Gasteiger charge is 2.67. The summed E-state index contributed by atoms with van der Waals surface area (Å²) < 4.78 is 10.3. The van der Waals surface area contributed by atoms with Crippen molar-refractivity contribution in [2.45, 2.75) is 18.0 Å². The molecule has 0 aliphatic carbocycles. The van der Waals surface area contributed by atoms with E-state index in [-0.39, 0.29) is 11.8 Å². The van der Waals surface area contributed by atoms with Gasteiger partial charge in [0.15, 0.2) is 0 Å². The van der Waals surface area contributed by atoms with Crippen LogP contribution in [0.2, 0.25) is 0 Å². The Morgan fingerprint density at radius 2 is 1.89 bits per heavy atom. The normalized spacial score (nSPS) is 29.8. The third-order valence-electron chi connectivity index (χ3n) is 5.60. The van der Waals surface area contributed by atoms with Crippen LogP contribution < -0.4 is 10.1 Å². The van der Waals surface area contributed by atoms with Crippen LogP contribution in [0.4, 0.5) is 0 Å². The molecule has 1 N–H and O–H groups in total. The van der Waals surface area contributed by atoms with E-state index < -0.39 is 29.4 Å². The zero-order valence-electron chi connectivity index (χ0n) is 15.9. The lowest BCUT2D eigenvalue weighted by atomic mass is 9.78. The molecule has 146 valence electrons. The molecule has 0 bridgehead atoms. The number of rotatable bonds is 6. The number of carbonyl (C=O) groups is 3. The van der Waals surface area contributed by atoms with Crippen molar-refractivity contribution in [2.24, 2.45) is 11.8 Å². The van der Waals surface area contributed by atoms with E-state index in [2.05, 4.69) is 5.32 Å². The summed E-state index contributed by atoms with van der Waals surface area (Å²) in [4.78, 5) is 39.7. The van der Waals surface area contributed by atoms with Crippen molar-refractivity contribution in [3.8, 4) is 5.75 Å². The third kappa shape index (κ3) is 3.00. The third-order valence-corrected chi connectivity index (χ3v) is 6.21. The maximum atomic E-state index is 12.9. The van der Waals surface area contributed by atoms with E-state index >= 15 is 0 Å². The molecule has 0 aromatic heterocycles. The minimum atomic E-state index is -1.22. The number of fused-ring (bicyclic) bond motifs is 1. The van der Waals surface area contributed by atoms with Crippen LogP contribution in [0.3, 0.4) is 0 Å². The van der Waals surface area contributed by atoms with Crippen LogP contribution in [0.15, 0.2) is 24.3 Å². The number of hydrogen-bond donors (Lipinski definition) is 1. The molecular formula is C19H24N2O5S. The number of esters is 1. The van der Waals surface area contributed by atoms with E-state index in [1.165, 1.54) is 14.2 Å². The molecule has 0 unspecified atom stereocenters. The molecule has 1 aromatic carbocycles. The number of methoxy groups -OCH3 is 2. The predicted molar refractivity (Wildman–Crippen MR) is 101 cm³/mol. The van der Waals surface area contributed by atoms with Crippen molar-refractivity contribution in [2.75, 3.05) is 33.3 Å². The number of ether oxygens (including phenoxy) is 2. The van der Waals surface area contributed by atoms with E-state index in [9.17, 15) is 14.4 Å². The summed E-state index contributed by atoms with van der Waals surface area (Å²) in [6, 6.07) is 6.86. The first-order valence-electron chi connectivity index (χ1n) is 8.71. The van der Waals surface area contributed by atoms with Gasteiger partial charge >= 0.3 is 5.97 Å². The average molecular weight is 392 g/mol. The first-order valence-corrected chi connectivity index (χ1v) is 10.1. The van der Waals surface area contributed by atoms with Gasteiger partial charge in [-0.05, 0) is 36.1 Å². The Morgan fingerprint density at radius 1 is 1.22 bits per heavy atom. The number of nitrogens with zero attached hydrogens (tertiary/aromatic N) is 1. The molecule has 27 heavy (non-hydrogen) atoms. The number of amides is 2. The maximum absolute atomic E-state index is 12.9. The lowest BCUT2D eigenvalue weighted by Gasteiger charge is -2.32. The van der Waals surface area contributed by atoms with Crippen molar-refractivity contribution in [3.63, 3.8) is 0 Å². The van der Waals surface area contributed by atoms with Gasteiger partial charge in [0.2, 0.25) is 11.8 Å². The second kappa shape index (κ2) is 7.52. The number of nitrogens with one attached hydrogen (secondary N) is 1. The highest BCUT2D eigenvalue weighted by atomic mass is 32.2. The summed E-state index contributed by atoms with van der Waals surface area (Å²) in [6.07, 6.45) is 2.34. The maximum Gasteiger partial charge on any atom is 0.326 e. The molecule has 0 radical (unpaired) electrons. The van der Waals surface area contributed by atoms with Gasteiger partial charge in [0.1, 0.15) is 11.3 Å². The molecule has 0 saturated carbocycles. The minimum Gasteiger partial charge on any atom is -0.497 e. The Hall–Kier alpha value is -2.06. The summed E-state index contributed by atoms with van der Waals surface area (Å²) in [5.41, 5.74) is -0.387. The van der Waals surface area contributed by atoms with Gasteiger partial charge in [-0.2, -0.15) is 11.8 Å². The first kappa shape index (κ1) is 19.7. The van der Waals surface area contributed by atoms with Gasteiger partial charge < -0.3 is 9.47 Å². The van der Waals surface area contributed by atoms with Crippen molar-refractivity contribution in [3.05, 3.63) is 29.8 Å². The highest BCUT2D eigenvalue weighted by molar-refractivity contribution is 7.98. The molecule has 2 fully saturated rings. The molecule has 4 atom stereocenters. The van der Waals surface area contributed by atoms with Gasteiger partial charge in [-0.25, -0.2) is 0 Å². The monoisotopic (exact) mass is 392 g/mol. The molecule has 0 spiro atoms. The molecular weight excluding hydrogens is 368 g/mol. The molecule has 2 amide bonds. The Morgan fingerprint density at radius 3 is 2.44 bits per heavy atom. The van der Waals surface area contributed by atoms with Crippen molar-refractivity contribution >= 4 is 29.5 Å². The summed E-state index contributed by atoms with van der Waals surface area (Å²) in [6.45, 7) is 0. The number of thioether (sulfide) groups is 1. The van der Waals surface area contributed by atoms with Gasteiger partial charge in [0, 0.05) is 13.1 Å². The minimum absolute atomic E-state index is 0.270. The van der Waals surface area contributed by atoms with Gasteiger partial charge in [-0.3, -0.25) is 24.6 Å². The van der Waals surface area contributed by atoms with Crippen molar-refractivity contribution < 1.29 is 23.9 Å². The zero-order valence-corrected chi connectivity index (χ0v) is 16.7. The van der Waals surface area contributed by atoms with E-state index in [0.717, 1.165) is 10.5 Å². The Kier molecular flexibility index (Phi) is 5.48. The van der Waals surface area contributed by atoms with Crippen LogP contribution in [0.25, 0.3) is 0 Å². The Bertz CT molecular complexity index is 753. The highest BCUT2D eigenvalue weighted by Crippen LogP contribution is 2.50. The van der Waals surface area contributed by atoms with Crippen molar-refractivity contribution in [1.29, 1.82) is 0 Å². The molecule has 2 aliphatic heterocycles. The summed E-state index contributed by atoms with van der Waals surface area (Å²) >= 11 is 1.58. The Balaban J connectivity index is 2.09. The summed E-state index contributed by atoms with van der Waals surface area (Å²) in [7, 11) is 4.37. The first-order chi connectivity index (χ1) is 12.9. The molecule has 3 rings (SSSR count). The van der Waals surface area contributed by atoms with Crippen LogP contribution >= 0.6 is 11.8 Å². The number of likely N-dealkylation sites (tertiary alicyclic amines) is 1. The molecule has 2 aliphatic rings. The zero-order chi connectivity index (χ0) is 19.8. The number of imide groups is 1. The van der Waals surface area contributed by atoms with Crippen LogP contribution in [0.5, 0.6) is 5.75 Å². The SMILES string of the molecule is COC(=O)[C@]1(CCSC)N[C@H](c2ccc(OC)cc2)[C@H]2C(=O)N(C)C(=O)[C@@H]21. The number of carbonyl (C=O) groups excluding carboxylic acids is 3. The number of benzene rings is 1. The average Bonchev–Trinajstić information content (AvgIpc) is 3.16. The lowest BCUT2D eigenvalue weighted by Crippen LogP contribution is -2.56.